The summed E-state index contributed by atoms with van der Waals surface area (Å²) in [5.41, 5.74) is 14.0. The number of fused-ring (bicyclic) bond motifs is 10. The summed E-state index contributed by atoms with van der Waals surface area (Å²) in [7, 11) is 0. The molecular weight excluding hydrogens is 621 g/mol. The van der Waals surface area contributed by atoms with E-state index in [2.05, 4.69) is 168 Å². The van der Waals surface area contributed by atoms with Crippen molar-refractivity contribution in [3.05, 3.63) is 157 Å². The van der Waals surface area contributed by atoms with Crippen LogP contribution in [0, 0.1) is 0 Å². The fourth-order valence-corrected chi connectivity index (χ4v) is 9.47. The van der Waals surface area contributed by atoms with Gasteiger partial charge in [0.15, 0.2) is 0 Å². The Labute approximate surface area is 293 Å². The van der Waals surface area contributed by atoms with Crippen LogP contribution in [0.1, 0.15) is 25.0 Å². The van der Waals surface area contributed by atoms with Crippen molar-refractivity contribution in [3.8, 4) is 28.3 Å². The maximum Gasteiger partial charge on any atom is 0.235 e. The van der Waals surface area contributed by atoms with E-state index < -0.39 is 0 Å². The van der Waals surface area contributed by atoms with Crippen LogP contribution in [0.5, 0.6) is 0 Å². The summed E-state index contributed by atoms with van der Waals surface area (Å²) in [6.07, 6.45) is 0. The molecule has 0 aliphatic heterocycles. The van der Waals surface area contributed by atoms with Gasteiger partial charge in [-0.15, -0.1) is 0 Å². The van der Waals surface area contributed by atoms with Gasteiger partial charge in [-0.2, -0.15) is 0 Å². The highest BCUT2D eigenvalue weighted by molar-refractivity contribution is 6.33. The highest BCUT2D eigenvalue weighted by Crippen LogP contribution is 2.55. The lowest BCUT2D eigenvalue weighted by Crippen LogP contribution is -2.15. The number of benzene rings is 7. The summed E-state index contributed by atoms with van der Waals surface area (Å²) >= 11 is 0. The van der Waals surface area contributed by atoms with E-state index in [1.54, 1.807) is 0 Å². The number of para-hydroxylation sites is 3. The fraction of sp³-hybridized carbons (Fsp3) is 0.0638. The van der Waals surface area contributed by atoms with Gasteiger partial charge in [0.1, 0.15) is 0 Å². The van der Waals surface area contributed by atoms with E-state index in [0.717, 1.165) is 33.2 Å². The number of hydrogen-bond donors (Lipinski definition) is 0. The monoisotopic (exact) mass is 650 g/mol. The summed E-state index contributed by atoms with van der Waals surface area (Å²) in [5, 5.41) is 8.55. The first-order valence-electron chi connectivity index (χ1n) is 17.7. The quantitative estimate of drug-likeness (QED) is 0.187. The van der Waals surface area contributed by atoms with Crippen molar-refractivity contribution < 1.29 is 0 Å². The van der Waals surface area contributed by atoms with E-state index >= 15 is 0 Å². The molecule has 12 rings (SSSR count). The van der Waals surface area contributed by atoms with E-state index in [9.17, 15) is 0 Å². The van der Waals surface area contributed by atoms with Crippen molar-refractivity contribution in [2.75, 3.05) is 0 Å². The molecule has 238 valence electrons. The molecule has 0 N–H and O–H groups in total. The van der Waals surface area contributed by atoms with E-state index in [-0.39, 0.29) is 5.41 Å². The van der Waals surface area contributed by atoms with Crippen molar-refractivity contribution in [3.63, 3.8) is 0 Å². The Morgan fingerprint density at radius 3 is 2.04 bits per heavy atom. The van der Waals surface area contributed by atoms with Crippen LogP contribution in [0.15, 0.2) is 146 Å². The summed E-state index contributed by atoms with van der Waals surface area (Å²) in [5.74, 6) is 0.681. The maximum absolute atomic E-state index is 5.45. The third-order valence-electron chi connectivity index (χ3n) is 11.6. The van der Waals surface area contributed by atoms with Crippen LogP contribution in [0.25, 0.3) is 99.1 Å². The van der Waals surface area contributed by atoms with Crippen LogP contribution in [-0.4, -0.2) is 18.9 Å². The highest BCUT2D eigenvalue weighted by atomic mass is 15.2. The second kappa shape index (κ2) is 9.38. The van der Waals surface area contributed by atoms with Gasteiger partial charge in [0.25, 0.3) is 0 Å². The Balaban J connectivity index is 1.39. The molecular formula is C47H30N4. The van der Waals surface area contributed by atoms with Crippen LogP contribution >= 0.6 is 0 Å². The largest absolute Gasteiger partial charge is 0.307 e. The molecule has 1 aliphatic carbocycles. The minimum atomic E-state index is -0.214. The molecule has 51 heavy (non-hydrogen) atoms. The van der Waals surface area contributed by atoms with Crippen LogP contribution in [0.3, 0.4) is 0 Å². The molecule has 0 spiro atoms. The minimum absolute atomic E-state index is 0.214. The van der Waals surface area contributed by atoms with Crippen molar-refractivity contribution in [2.24, 2.45) is 0 Å². The number of nitrogens with zero attached hydrogens (tertiary/aromatic N) is 4. The van der Waals surface area contributed by atoms with Crippen molar-refractivity contribution in [1.82, 2.24) is 18.9 Å². The minimum Gasteiger partial charge on any atom is -0.307 e. The first kappa shape index (κ1) is 27.3. The Bertz CT molecular complexity index is 3270. The number of rotatable bonds is 2. The second-order valence-electron chi connectivity index (χ2n) is 14.6. The molecule has 0 atom stereocenters. The van der Waals surface area contributed by atoms with Gasteiger partial charge in [0, 0.05) is 48.9 Å². The number of hydrogen-bond acceptors (Lipinski definition) is 2. The SMILES string of the molecule is CC1(C)c2ccccc2-c2c1cc1c3c4c(cccc4n1-c1nc(-c4ccccc4)c4ccccc4n1)c1cccc4c5ccccc5n(c23)c14. The zero-order valence-corrected chi connectivity index (χ0v) is 28.1. The average Bonchev–Trinajstić information content (AvgIpc) is 3.74. The van der Waals surface area contributed by atoms with E-state index in [0.29, 0.717) is 5.95 Å². The predicted octanol–water partition coefficient (Wildman–Crippen LogP) is 11.9. The molecule has 0 unspecified atom stereocenters. The van der Waals surface area contributed by atoms with Crippen LogP contribution < -0.4 is 0 Å². The van der Waals surface area contributed by atoms with Crippen LogP contribution in [0.2, 0.25) is 0 Å². The van der Waals surface area contributed by atoms with Crippen molar-refractivity contribution in [2.45, 2.75) is 19.3 Å². The normalized spacial score (nSPS) is 13.8. The molecule has 0 bridgehead atoms. The maximum atomic E-state index is 5.45. The smallest absolute Gasteiger partial charge is 0.235 e. The molecule has 0 radical (unpaired) electrons. The lowest BCUT2D eigenvalue weighted by Gasteiger charge is -2.22. The van der Waals surface area contributed by atoms with Gasteiger partial charge in [-0.3, -0.25) is 4.57 Å². The van der Waals surface area contributed by atoms with E-state index in [1.165, 1.54) is 71.1 Å². The van der Waals surface area contributed by atoms with Gasteiger partial charge in [0.05, 0.1) is 38.8 Å². The van der Waals surface area contributed by atoms with Gasteiger partial charge in [-0.05, 0) is 46.3 Å². The predicted molar refractivity (Wildman–Crippen MR) is 212 cm³/mol. The Morgan fingerprint density at radius 2 is 1.16 bits per heavy atom. The van der Waals surface area contributed by atoms with E-state index in [1.807, 2.05) is 0 Å². The molecule has 4 heteroatoms. The Hall–Kier alpha value is -6.52. The Kier molecular flexibility index (Phi) is 5.02. The summed E-state index contributed by atoms with van der Waals surface area (Å²) in [6, 6.07) is 52.9. The van der Waals surface area contributed by atoms with Crippen LogP contribution in [-0.2, 0) is 5.41 Å². The third-order valence-corrected chi connectivity index (χ3v) is 11.6. The van der Waals surface area contributed by atoms with E-state index in [4.69, 9.17) is 9.97 Å². The molecule has 4 heterocycles. The summed E-state index contributed by atoms with van der Waals surface area (Å²) in [6.45, 7) is 4.76. The third kappa shape index (κ3) is 3.30. The lowest BCUT2D eigenvalue weighted by atomic mass is 9.82. The topological polar surface area (TPSA) is 35.1 Å². The molecule has 0 amide bonds. The van der Waals surface area contributed by atoms with Crippen molar-refractivity contribution in [1.29, 1.82) is 0 Å². The summed E-state index contributed by atoms with van der Waals surface area (Å²) < 4.78 is 4.92. The molecule has 7 aromatic carbocycles. The second-order valence-corrected chi connectivity index (χ2v) is 14.6. The molecule has 0 saturated carbocycles. The van der Waals surface area contributed by atoms with Crippen molar-refractivity contribution >= 4 is 70.8 Å². The van der Waals surface area contributed by atoms with Gasteiger partial charge in [-0.1, -0.05) is 135 Å². The molecule has 0 fully saturated rings. The molecule has 4 aromatic heterocycles. The Morgan fingerprint density at radius 1 is 0.490 bits per heavy atom. The molecule has 11 aromatic rings. The highest BCUT2D eigenvalue weighted by Gasteiger charge is 2.39. The summed E-state index contributed by atoms with van der Waals surface area (Å²) in [4.78, 5) is 10.8. The standard InChI is InChI=1S/C47H30N4/c1-47(2)34-22-9-6-17-32(34)40-35(47)26-39-42-41-29(31-21-12-20-30-28-16-8-11-24-37(28)51(44(30)31)45(40)42)19-13-25-38(41)50(39)46-48-36-23-10-7-18-33(36)43(49-46)27-14-4-3-5-15-27/h3-26H,1-2H3. The number of aromatic nitrogens is 4. The van der Waals surface area contributed by atoms with Crippen LogP contribution in [0.4, 0.5) is 0 Å². The zero-order valence-electron chi connectivity index (χ0n) is 28.1. The van der Waals surface area contributed by atoms with Gasteiger partial charge >= 0.3 is 0 Å². The van der Waals surface area contributed by atoms with Gasteiger partial charge in [0.2, 0.25) is 5.95 Å². The van der Waals surface area contributed by atoms with Gasteiger partial charge < -0.3 is 4.40 Å². The molecule has 4 nitrogen and oxygen atoms in total. The molecule has 1 aliphatic rings. The first-order valence-corrected chi connectivity index (χ1v) is 17.7. The lowest BCUT2D eigenvalue weighted by molar-refractivity contribution is 0.661. The van der Waals surface area contributed by atoms with Gasteiger partial charge in [-0.25, -0.2) is 9.97 Å². The molecule has 0 saturated heterocycles. The fourth-order valence-electron chi connectivity index (χ4n) is 9.47. The zero-order chi connectivity index (χ0) is 33.6. The first-order chi connectivity index (χ1) is 25.1. The average molecular weight is 651 g/mol.